The summed E-state index contributed by atoms with van der Waals surface area (Å²) in [6.45, 7) is 0.202. The predicted octanol–water partition coefficient (Wildman–Crippen LogP) is 4.85. The minimum Gasteiger partial charge on any atom is -0.454 e. The highest BCUT2D eigenvalue weighted by Crippen LogP contribution is 2.37. The molecule has 0 spiro atoms. The summed E-state index contributed by atoms with van der Waals surface area (Å²) >= 11 is 7.51. The number of nitrogens with one attached hydrogen (secondary N) is 1. The lowest BCUT2D eigenvalue weighted by molar-refractivity contribution is 0.174. The highest BCUT2D eigenvalue weighted by molar-refractivity contribution is 7.98. The van der Waals surface area contributed by atoms with Crippen molar-refractivity contribution in [3.05, 3.63) is 87.9 Å². The quantitative estimate of drug-likeness (QED) is 0.353. The fourth-order valence-corrected chi connectivity index (χ4v) is 4.75. The monoisotopic (exact) mass is 489 g/mol. The summed E-state index contributed by atoms with van der Waals surface area (Å²) in [7, 11) is 0. The molecule has 0 aliphatic carbocycles. The van der Waals surface area contributed by atoms with Gasteiger partial charge in [-0.3, -0.25) is 9.36 Å². The molecule has 0 saturated carbocycles. The fourth-order valence-electron chi connectivity index (χ4n) is 3.76. The molecule has 3 heterocycles. The number of aromatic nitrogens is 5. The first kappa shape index (κ1) is 20.8. The fraction of sp³-hybridized carbons (Fsp3) is 0.0833. The molecular weight excluding hydrogens is 474 g/mol. The molecule has 8 nitrogen and oxygen atoms in total. The molecule has 0 atom stereocenters. The number of fused-ring (bicyclic) bond motifs is 2. The Hall–Kier alpha value is -3.82. The minimum atomic E-state index is -0.206. The number of nitrogens with zero attached hydrogens (tertiary/aromatic N) is 4. The second-order valence-corrected chi connectivity index (χ2v) is 8.89. The van der Waals surface area contributed by atoms with Crippen LogP contribution in [0.15, 0.2) is 76.7 Å². The van der Waals surface area contributed by atoms with Gasteiger partial charge in [-0.2, -0.15) is 0 Å². The molecule has 0 unspecified atom stereocenters. The van der Waals surface area contributed by atoms with Crippen LogP contribution in [0, 0.1) is 0 Å². The van der Waals surface area contributed by atoms with Crippen molar-refractivity contribution < 1.29 is 9.47 Å². The number of H-pyrrole nitrogens is 1. The zero-order valence-electron chi connectivity index (χ0n) is 17.6. The SMILES string of the molecule is O=c1[nH]c(CSc2nnc(-c3ccc4c(c3)OCO4)n2-c2ccccc2)nc2cc(Cl)ccc12. The molecule has 1 aliphatic rings. The molecule has 1 aliphatic heterocycles. The summed E-state index contributed by atoms with van der Waals surface area (Å²) < 4.78 is 12.9. The van der Waals surface area contributed by atoms with Gasteiger partial charge in [0.05, 0.1) is 16.7 Å². The predicted molar refractivity (Wildman–Crippen MR) is 130 cm³/mol. The Kier molecular flexibility index (Phi) is 5.20. The van der Waals surface area contributed by atoms with Gasteiger partial charge in [0.25, 0.3) is 5.56 Å². The van der Waals surface area contributed by atoms with Gasteiger partial charge in [-0.1, -0.05) is 41.6 Å². The van der Waals surface area contributed by atoms with Crippen LogP contribution >= 0.6 is 23.4 Å². The molecule has 3 aromatic carbocycles. The van der Waals surface area contributed by atoms with Crippen molar-refractivity contribution in [1.29, 1.82) is 0 Å². The lowest BCUT2D eigenvalue weighted by atomic mass is 10.2. The van der Waals surface area contributed by atoms with Crippen LogP contribution in [0.4, 0.5) is 0 Å². The number of hydrogen-bond donors (Lipinski definition) is 1. The van der Waals surface area contributed by atoms with E-state index in [1.165, 1.54) is 11.8 Å². The molecule has 0 bridgehead atoms. The molecule has 5 aromatic rings. The Morgan fingerprint density at radius 2 is 1.85 bits per heavy atom. The molecule has 168 valence electrons. The van der Waals surface area contributed by atoms with Crippen LogP contribution in [0.3, 0.4) is 0 Å². The molecular formula is C24H16ClN5O3S. The van der Waals surface area contributed by atoms with E-state index in [4.69, 9.17) is 21.1 Å². The van der Waals surface area contributed by atoms with E-state index >= 15 is 0 Å². The van der Waals surface area contributed by atoms with E-state index < -0.39 is 0 Å². The summed E-state index contributed by atoms with van der Waals surface area (Å²) in [5.74, 6) is 2.96. The lowest BCUT2D eigenvalue weighted by Crippen LogP contribution is -2.11. The number of ether oxygens (including phenoxy) is 2. The molecule has 0 saturated heterocycles. The van der Waals surface area contributed by atoms with Crippen molar-refractivity contribution in [2.24, 2.45) is 0 Å². The second kappa shape index (κ2) is 8.51. The van der Waals surface area contributed by atoms with Crippen molar-refractivity contribution in [3.63, 3.8) is 0 Å². The second-order valence-electron chi connectivity index (χ2n) is 7.51. The lowest BCUT2D eigenvalue weighted by Gasteiger charge is -2.11. The zero-order valence-corrected chi connectivity index (χ0v) is 19.1. The van der Waals surface area contributed by atoms with Crippen LogP contribution in [0.5, 0.6) is 11.5 Å². The van der Waals surface area contributed by atoms with E-state index in [0.717, 1.165) is 11.3 Å². The third-order valence-electron chi connectivity index (χ3n) is 5.33. The van der Waals surface area contributed by atoms with E-state index in [-0.39, 0.29) is 12.4 Å². The van der Waals surface area contributed by atoms with Crippen molar-refractivity contribution >= 4 is 34.3 Å². The van der Waals surface area contributed by atoms with Crippen LogP contribution in [0.25, 0.3) is 28.0 Å². The maximum atomic E-state index is 12.5. The number of halogens is 1. The Balaban J connectivity index is 1.38. The average Bonchev–Trinajstić information content (AvgIpc) is 3.49. The Bertz CT molecular complexity index is 1590. The molecule has 10 heteroatoms. The van der Waals surface area contributed by atoms with Gasteiger partial charge in [-0.25, -0.2) is 4.98 Å². The zero-order chi connectivity index (χ0) is 23.1. The van der Waals surface area contributed by atoms with Crippen LogP contribution in [0.2, 0.25) is 5.02 Å². The summed E-state index contributed by atoms with van der Waals surface area (Å²) in [6, 6.07) is 20.6. The first-order chi connectivity index (χ1) is 16.7. The van der Waals surface area contributed by atoms with Gasteiger partial charge in [-0.15, -0.1) is 10.2 Å². The number of benzene rings is 3. The standard InChI is InChI=1S/C24H16ClN5O3S/c25-15-7-8-17-18(11-15)26-21(27-23(17)31)12-34-24-29-28-22(30(24)16-4-2-1-3-5-16)14-6-9-19-20(10-14)33-13-32-19/h1-11H,12-13H2,(H,26,27,31). The van der Waals surface area contributed by atoms with Crippen molar-refractivity contribution in [1.82, 2.24) is 24.7 Å². The highest BCUT2D eigenvalue weighted by Gasteiger charge is 2.20. The normalized spacial score (nSPS) is 12.4. The summed E-state index contributed by atoms with van der Waals surface area (Å²) in [5.41, 5.74) is 2.11. The number of rotatable bonds is 5. The Labute approximate surface area is 202 Å². The van der Waals surface area contributed by atoms with Gasteiger partial charge in [0.15, 0.2) is 22.5 Å². The van der Waals surface area contributed by atoms with Gasteiger partial charge < -0.3 is 14.5 Å². The molecule has 34 heavy (non-hydrogen) atoms. The van der Waals surface area contributed by atoms with Gasteiger partial charge in [0.2, 0.25) is 6.79 Å². The van der Waals surface area contributed by atoms with Gasteiger partial charge in [0, 0.05) is 16.3 Å². The van der Waals surface area contributed by atoms with Gasteiger partial charge in [-0.05, 0) is 48.5 Å². The number of thioether (sulfide) groups is 1. The summed E-state index contributed by atoms with van der Waals surface area (Å²) in [6.07, 6.45) is 0. The third-order valence-corrected chi connectivity index (χ3v) is 6.51. The third kappa shape index (κ3) is 3.78. The molecule has 0 amide bonds. The van der Waals surface area contributed by atoms with Crippen LogP contribution < -0.4 is 15.0 Å². The van der Waals surface area contributed by atoms with E-state index in [2.05, 4.69) is 20.2 Å². The highest BCUT2D eigenvalue weighted by atomic mass is 35.5. The molecule has 6 rings (SSSR count). The number of hydrogen-bond acceptors (Lipinski definition) is 7. The molecule has 1 N–H and O–H groups in total. The van der Waals surface area contributed by atoms with Crippen LogP contribution in [-0.4, -0.2) is 31.5 Å². The van der Waals surface area contributed by atoms with Crippen molar-refractivity contribution in [3.8, 4) is 28.6 Å². The largest absolute Gasteiger partial charge is 0.454 e. The summed E-state index contributed by atoms with van der Waals surface area (Å²) in [4.78, 5) is 19.9. The van der Waals surface area contributed by atoms with Gasteiger partial charge in [0.1, 0.15) is 5.82 Å². The van der Waals surface area contributed by atoms with Crippen molar-refractivity contribution in [2.45, 2.75) is 10.9 Å². The first-order valence-electron chi connectivity index (χ1n) is 10.4. The van der Waals surface area contributed by atoms with Crippen LogP contribution in [-0.2, 0) is 5.75 Å². The molecule has 0 radical (unpaired) electrons. The minimum absolute atomic E-state index is 0.202. The van der Waals surface area contributed by atoms with Crippen molar-refractivity contribution in [2.75, 3.05) is 6.79 Å². The topological polar surface area (TPSA) is 94.9 Å². The maximum Gasteiger partial charge on any atom is 0.258 e. The molecule has 0 fully saturated rings. The molecule has 2 aromatic heterocycles. The summed E-state index contributed by atoms with van der Waals surface area (Å²) in [5, 5.41) is 10.6. The van der Waals surface area contributed by atoms with E-state index in [1.807, 2.05) is 53.1 Å². The van der Waals surface area contributed by atoms with Gasteiger partial charge >= 0.3 is 0 Å². The number of aromatic amines is 1. The van der Waals surface area contributed by atoms with E-state index in [0.29, 0.717) is 50.0 Å². The smallest absolute Gasteiger partial charge is 0.258 e. The maximum absolute atomic E-state index is 12.5. The van der Waals surface area contributed by atoms with Crippen LogP contribution in [0.1, 0.15) is 5.82 Å². The van der Waals surface area contributed by atoms with E-state index in [1.54, 1.807) is 18.2 Å². The average molecular weight is 490 g/mol. The number of para-hydroxylation sites is 1. The Morgan fingerprint density at radius 3 is 2.74 bits per heavy atom. The Morgan fingerprint density at radius 1 is 1.00 bits per heavy atom. The first-order valence-corrected chi connectivity index (χ1v) is 11.7. The van der Waals surface area contributed by atoms with E-state index in [9.17, 15) is 4.79 Å².